The number of aromatic nitrogens is 2. The van der Waals surface area contributed by atoms with E-state index < -0.39 is 0 Å². The minimum atomic E-state index is 0. The van der Waals surface area contributed by atoms with E-state index in [9.17, 15) is 4.79 Å². The Morgan fingerprint density at radius 2 is 2.17 bits per heavy atom. The first-order chi connectivity index (χ1) is 13.5. The van der Waals surface area contributed by atoms with E-state index in [4.69, 9.17) is 9.73 Å². The summed E-state index contributed by atoms with van der Waals surface area (Å²) in [6, 6.07) is 5.85. The third-order valence-corrected chi connectivity index (χ3v) is 4.99. The average Bonchev–Trinajstić information content (AvgIpc) is 3.11. The van der Waals surface area contributed by atoms with Crippen LogP contribution in [0.3, 0.4) is 0 Å². The van der Waals surface area contributed by atoms with Crippen molar-refractivity contribution in [2.45, 2.75) is 13.5 Å². The fourth-order valence-corrected chi connectivity index (χ4v) is 3.54. The Morgan fingerprint density at radius 1 is 1.38 bits per heavy atom. The van der Waals surface area contributed by atoms with Gasteiger partial charge in [0, 0.05) is 42.9 Å². The minimum Gasteiger partial charge on any atom is -0.496 e. The predicted octanol–water partition coefficient (Wildman–Crippen LogP) is 2.62. The van der Waals surface area contributed by atoms with Gasteiger partial charge in [0.05, 0.1) is 25.5 Å². The molecule has 1 amide bonds. The fraction of sp³-hybridized carbons (Fsp3) is 0.421. The van der Waals surface area contributed by atoms with Crippen LogP contribution in [0.2, 0.25) is 0 Å². The molecule has 1 N–H and O–H groups in total. The van der Waals surface area contributed by atoms with Crippen molar-refractivity contribution in [2.75, 3.05) is 38.2 Å². The van der Waals surface area contributed by atoms with Gasteiger partial charge in [0.1, 0.15) is 12.3 Å². The lowest BCUT2D eigenvalue weighted by molar-refractivity contribution is -0.120. The highest BCUT2D eigenvalue weighted by atomic mass is 127. The Morgan fingerprint density at radius 3 is 2.79 bits per heavy atom. The quantitative estimate of drug-likeness (QED) is 0.336. The van der Waals surface area contributed by atoms with Crippen LogP contribution < -0.4 is 15.0 Å². The van der Waals surface area contributed by atoms with Crippen molar-refractivity contribution >= 4 is 57.5 Å². The number of rotatable bonds is 5. The number of anilines is 1. The van der Waals surface area contributed by atoms with E-state index in [0.29, 0.717) is 19.6 Å². The van der Waals surface area contributed by atoms with E-state index >= 15 is 0 Å². The van der Waals surface area contributed by atoms with Crippen LogP contribution in [0.5, 0.6) is 5.75 Å². The van der Waals surface area contributed by atoms with Gasteiger partial charge in [0.25, 0.3) is 0 Å². The van der Waals surface area contributed by atoms with Crippen LogP contribution in [0.15, 0.2) is 40.1 Å². The molecule has 1 fully saturated rings. The number of carbonyl (C=O) groups excluding carboxylic acids is 1. The van der Waals surface area contributed by atoms with E-state index in [1.54, 1.807) is 22.9 Å². The Bertz CT molecular complexity index is 872. The Hall–Kier alpha value is -1.82. The van der Waals surface area contributed by atoms with Crippen LogP contribution in [0.1, 0.15) is 12.5 Å². The van der Waals surface area contributed by atoms with Crippen molar-refractivity contribution in [1.82, 2.24) is 20.0 Å². The SMILES string of the molecule is CCNC(=NCc1cc(Br)ccc1OC)N1CCN(c2cnn(C)c2)C(=O)C1.I. The third-order valence-electron chi connectivity index (χ3n) is 4.50. The standard InChI is InChI=1S/C19H25BrN6O2.HI/c1-4-21-19(22-10-14-9-15(20)5-6-17(14)28-3)25-7-8-26(18(27)13-25)16-11-23-24(2)12-16;/h5-6,9,11-12H,4,7-8,10,13H2,1-3H3,(H,21,22);1H. The Balaban J connectivity index is 0.00000300. The molecule has 1 aromatic heterocycles. The summed E-state index contributed by atoms with van der Waals surface area (Å²) in [5, 5.41) is 7.44. The van der Waals surface area contributed by atoms with Gasteiger partial charge in [-0.15, -0.1) is 24.0 Å². The molecule has 0 atom stereocenters. The van der Waals surface area contributed by atoms with Crippen LogP contribution in [0, 0.1) is 0 Å². The molecule has 1 aromatic carbocycles. The molecule has 1 aliphatic heterocycles. The lowest BCUT2D eigenvalue weighted by Gasteiger charge is -2.35. The number of aryl methyl sites for hydroxylation is 1. The van der Waals surface area contributed by atoms with E-state index in [-0.39, 0.29) is 36.4 Å². The third kappa shape index (κ3) is 5.84. The number of ether oxygens (including phenoxy) is 1. The smallest absolute Gasteiger partial charge is 0.246 e. The molecule has 3 rings (SSSR count). The zero-order chi connectivity index (χ0) is 20.1. The maximum absolute atomic E-state index is 12.7. The summed E-state index contributed by atoms with van der Waals surface area (Å²) in [5.41, 5.74) is 1.81. The Labute approximate surface area is 196 Å². The number of nitrogens with zero attached hydrogens (tertiary/aromatic N) is 5. The molecule has 0 unspecified atom stereocenters. The van der Waals surface area contributed by atoms with Crippen molar-refractivity contribution < 1.29 is 9.53 Å². The number of piperazine rings is 1. The number of hydrogen-bond donors (Lipinski definition) is 1. The van der Waals surface area contributed by atoms with Crippen LogP contribution >= 0.6 is 39.9 Å². The van der Waals surface area contributed by atoms with Crippen LogP contribution in [-0.4, -0.2) is 59.8 Å². The van der Waals surface area contributed by atoms with E-state index in [1.165, 1.54) is 0 Å². The first kappa shape index (κ1) is 23.5. The highest BCUT2D eigenvalue weighted by Gasteiger charge is 2.27. The first-order valence-corrected chi connectivity index (χ1v) is 9.95. The van der Waals surface area contributed by atoms with E-state index in [2.05, 4.69) is 26.3 Å². The summed E-state index contributed by atoms with van der Waals surface area (Å²) >= 11 is 3.49. The lowest BCUT2D eigenvalue weighted by atomic mass is 10.2. The second-order valence-electron chi connectivity index (χ2n) is 6.47. The van der Waals surface area contributed by atoms with Crippen molar-refractivity contribution in [3.05, 3.63) is 40.6 Å². The van der Waals surface area contributed by atoms with Gasteiger partial charge in [-0.05, 0) is 25.1 Å². The molecule has 0 aliphatic carbocycles. The number of carbonyl (C=O) groups is 1. The van der Waals surface area contributed by atoms with Gasteiger partial charge in [0.2, 0.25) is 5.91 Å². The zero-order valence-electron chi connectivity index (χ0n) is 16.8. The zero-order valence-corrected chi connectivity index (χ0v) is 20.7. The molecule has 0 saturated carbocycles. The van der Waals surface area contributed by atoms with Crippen molar-refractivity contribution in [1.29, 1.82) is 0 Å². The summed E-state index contributed by atoms with van der Waals surface area (Å²) in [7, 11) is 3.49. The molecule has 8 nitrogen and oxygen atoms in total. The summed E-state index contributed by atoms with van der Waals surface area (Å²) in [5.74, 6) is 1.55. The molecule has 0 bridgehead atoms. The Kier molecular flexibility index (Phi) is 8.75. The first-order valence-electron chi connectivity index (χ1n) is 9.16. The molecule has 0 radical (unpaired) electrons. The second-order valence-corrected chi connectivity index (χ2v) is 7.38. The predicted molar refractivity (Wildman–Crippen MR) is 128 cm³/mol. The molecule has 29 heavy (non-hydrogen) atoms. The van der Waals surface area contributed by atoms with Gasteiger partial charge < -0.3 is 19.9 Å². The van der Waals surface area contributed by atoms with Crippen molar-refractivity contribution in [2.24, 2.45) is 12.0 Å². The van der Waals surface area contributed by atoms with E-state index in [0.717, 1.165) is 34.0 Å². The summed E-state index contributed by atoms with van der Waals surface area (Å²) in [6.07, 6.45) is 3.57. The highest BCUT2D eigenvalue weighted by Crippen LogP contribution is 2.24. The number of halogens is 2. The van der Waals surface area contributed by atoms with Gasteiger partial charge >= 0.3 is 0 Å². The van der Waals surface area contributed by atoms with Gasteiger partial charge in [-0.1, -0.05) is 15.9 Å². The van der Waals surface area contributed by atoms with Crippen LogP contribution in [0.25, 0.3) is 0 Å². The highest BCUT2D eigenvalue weighted by molar-refractivity contribution is 14.0. The molecular formula is C19H26BrIN6O2. The molecule has 10 heteroatoms. The number of nitrogens with one attached hydrogen (secondary N) is 1. The lowest BCUT2D eigenvalue weighted by Crippen LogP contribution is -2.55. The van der Waals surface area contributed by atoms with Crippen LogP contribution in [0.4, 0.5) is 5.69 Å². The molecule has 2 aromatic rings. The molecule has 0 spiro atoms. The molecule has 1 saturated heterocycles. The van der Waals surface area contributed by atoms with Crippen LogP contribution in [-0.2, 0) is 18.4 Å². The van der Waals surface area contributed by atoms with E-state index in [1.807, 2.05) is 43.3 Å². The van der Waals surface area contributed by atoms with Gasteiger partial charge in [-0.25, -0.2) is 4.99 Å². The van der Waals surface area contributed by atoms with Gasteiger partial charge in [0.15, 0.2) is 5.96 Å². The number of aliphatic imine (C=N–C) groups is 1. The summed E-state index contributed by atoms with van der Waals surface area (Å²) in [4.78, 5) is 21.2. The summed E-state index contributed by atoms with van der Waals surface area (Å²) < 4.78 is 8.10. The maximum Gasteiger partial charge on any atom is 0.246 e. The molecule has 1 aliphatic rings. The topological polar surface area (TPSA) is 75.0 Å². The largest absolute Gasteiger partial charge is 0.496 e. The van der Waals surface area contributed by atoms with Crippen molar-refractivity contribution in [3.63, 3.8) is 0 Å². The van der Waals surface area contributed by atoms with Gasteiger partial charge in [-0.2, -0.15) is 5.10 Å². The molecular weight excluding hydrogens is 551 g/mol. The van der Waals surface area contributed by atoms with Crippen molar-refractivity contribution in [3.8, 4) is 5.75 Å². The number of guanidine groups is 1. The second kappa shape index (κ2) is 10.8. The normalized spacial score (nSPS) is 14.6. The monoisotopic (exact) mass is 576 g/mol. The fourth-order valence-electron chi connectivity index (χ4n) is 3.13. The number of methoxy groups -OCH3 is 1. The molecule has 158 valence electrons. The van der Waals surface area contributed by atoms with Gasteiger partial charge in [-0.3, -0.25) is 9.48 Å². The molecule has 2 heterocycles. The number of amides is 1. The average molecular weight is 577 g/mol. The summed E-state index contributed by atoms with van der Waals surface area (Å²) in [6.45, 7) is 4.77. The number of hydrogen-bond acceptors (Lipinski definition) is 4. The maximum atomic E-state index is 12.7. The number of benzene rings is 1. The minimum absolute atomic E-state index is 0.